The third-order valence-corrected chi connectivity index (χ3v) is 3.73. The van der Waals surface area contributed by atoms with Crippen LogP contribution >= 0.6 is 0 Å². The molecule has 144 valence electrons. The standard InChI is InChI=1S/C17H34O7/c18-11-5-1-3-7-15(20)9-13-23-17(22)24-14-10-16(21)8-4-2-6-12-19/h15-16,18-21H,1-14H2. The zero-order valence-electron chi connectivity index (χ0n) is 14.6. The summed E-state index contributed by atoms with van der Waals surface area (Å²) in [5.41, 5.74) is 0. The molecule has 2 unspecified atom stereocenters. The van der Waals surface area contributed by atoms with E-state index in [2.05, 4.69) is 0 Å². The van der Waals surface area contributed by atoms with Crippen LogP contribution in [0.4, 0.5) is 4.79 Å². The lowest BCUT2D eigenvalue weighted by Crippen LogP contribution is -2.17. The molecule has 0 aromatic heterocycles. The van der Waals surface area contributed by atoms with Gasteiger partial charge in [0.2, 0.25) is 0 Å². The minimum Gasteiger partial charge on any atom is -0.434 e. The van der Waals surface area contributed by atoms with E-state index in [1.54, 1.807) is 0 Å². The molecule has 7 heteroatoms. The molecule has 0 bridgehead atoms. The lowest BCUT2D eigenvalue weighted by atomic mass is 10.1. The second-order valence-corrected chi connectivity index (χ2v) is 5.98. The van der Waals surface area contributed by atoms with Crippen molar-refractivity contribution in [2.24, 2.45) is 0 Å². The molecule has 4 N–H and O–H groups in total. The van der Waals surface area contributed by atoms with Crippen LogP contribution in [0.5, 0.6) is 0 Å². The number of hydrogen-bond acceptors (Lipinski definition) is 7. The topological polar surface area (TPSA) is 116 Å². The summed E-state index contributed by atoms with van der Waals surface area (Å²) in [5, 5.41) is 36.7. The van der Waals surface area contributed by atoms with Crippen LogP contribution in [0.25, 0.3) is 0 Å². The van der Waals surface area contributed by atoms with E-state index in [4.69, 9.17) is 19.7 Å². The van der Waals surface area contributed by atoms with Crippen molar-refractivity contribution in [1.82, 2.24) is 0 Å². The van der Waals surface area contributed by atoms with Gasteiger partial charge in [-0.3, -0.25) is 0 Å². The average molecular weight is 350 g/mol. The van der Waals surface area contributed by atoms with E-state index in [1.807, 2.05) is 0 Å². The maximum atomic E-state index is 11.3. The zero-order chi connectivity index (χ0) is 18.0. The van der Waals surface area contributed by atoms with Gasteiger partial charge < -0.3 is 29.9 Å². The predicted octanol–water partition coefficient (Wildman–Crippen LogP) is 1.75. The largest absolute Gasteiger partial charge is 0.508 e. The van der Waals surface area contributed by atoms with E-state index in [0.717, 1.165) is 38.5 Å². The maximum Gasteiger partial charge on any atom is 0.508 e. The molecule has 2 atom stereocenters. The molecule has 0 radical (unpaired) electrons. The van der Waals surface area contributed by atoms with Crippen molar-refractivity contribution in [3.05, 3.63) is 0 Å². The summed E-state index contributed by atoms with van der Waals surface area (Å²) in [6.45, 7) is 0.540. The van der Waals surface area contributed by atoms with Gasteiger partial charge in [-0.25, -0.2) is 4.79 Å². The van der Waals surface area contributed by atoms with E-state index in [-0.39, 0.29) is 26.4 Å². The summed E-state index contributed by atoms with van der Waals surface area (Å²) in [4.78, 5) is 11.3. The predicted molar refractivity (Wildman–Crippen MR) is 89.7 cm³/mol. The van der Waals surface area contributed by atoms with Crippen molar-refractivity contribution in [2.45, 2.75) is 76.4 Å². The van der Waals surface area contributed by atoms with E-state index < -0.39 is 18.4 Å². The highest BCUT2D eigenvalue weighted by molar-refractivity contribution is 5.59. The van der Waals surface area contributed by atoms with Crippen LogP contribution in [0.1, 0.15) is 64.2 Å². The summed E-state index contributed by atoms with van der Waals surface area (Å²) >= 11 is 0. The molecule has 0 aromatic carbocycles. The fourth-order valence-electron chi connectivity index (χ4n) is 2.22. The third-order valence-electron chi connectivity index (χ3n) is 3.73. The molecule has 7 nitrogen and oxygen atoms in total. The first-order valence-electron chi connectivity index (χ1n) is 8.97. The van der Waals surface area contributed by atoms with Gasteiger partial charge in [0.15, 0.2) is 0 Å². The second-order valence-electron chi connectivity index (χ2n) is 5.98. The van der Waals surface area contributed by atoms with E-state index in [9.17, 15) is 15.0 Å². The minimum absolute atomic E-state index is 0.101. The highest BCUT2D eigenvalue weighted by atomic mass is 16.7. The van der Waals surface area contributed by atoms with Gasteiger partial charge in [-0.1, -0.05) is 25.7 Å². The fourth-order valence-corrected chi connectivity index (χ4v) is 2.22. The molecule has 0 spiro atoms. The van der Waals surface area contributed by atoms with Crippen LogP contribution in [0.3, 0.4) is 0 Å². The minimum atomic E-state index is -0.782. The number of ether oxygens (including phenoxy) is 2. The molecule has 0 aliphatic carbocycles. The van der Waals surface area contributed by atoms with E-state index >= 15 is 0 Å². The van der Waals surface area contributed by atoms with Crippen molar-refractivity contribution in [3.63, 3.8) is 0 Å². The Morgan fingerprint density at radius 2 is 1.08 bits per heavy atom. The molecule has 0 rings (SSSR count). The number of rotatable bonds is 16. The summed E-state index contributed by atoms with van der Waals surface area (Å²) in [6, 6.07) is 0. The smallest absolute Gasteiger partial charge is 0.434 e. The first kappa shape index (κ1) is 23.1. The van der Waals surface area contributed by atoms with Gasteiger partial charge in [0, 0.05) is 26.1 Å². The van der Waals surface area contributed by atoms with Crippen LogP contribution in [-0.4, -0.2) is 65.2 Å². The van der Waals surface area contributed by atoms with Crippen LogP contribution in [0, 0.1) is 0 Å². The van der Waals surface area contributed by atoms with Gasteiger partial charge in [0.05, 0.1) is 25.4 Å². The molecule has 0 fully saturated rings. The van der Waals surface area contributed by atoms with Crippen LogP contribution in [-0.2, 0) is 9.47 Å². The van der Waals surface area contributed by atoms with Gasteiger partial charge in [-0.05, 0) is 25.7 Å². The van der Waals surface area contributed by atoms with Crippen LogP contribution in [0.15, 0.2) is 0 Å². The molecule has 0 heterocycles. The van der Waals surface area contributed by atoms with Crippen LogP contribution < -0.4 is 0 Å². The summed E-state index contributed by atoms with van der Waals surface area (Å²) < 4.78 is 9.73. The van der Waals surface area contributed by atoms with E-state index in [0.29, 0.717) is 25.7 Å². The number of carbonyl (C=O) groups is 1. The molecule has 0 saturated carbocycles. The highest BCUT2D eigenvalue weighted by Crippen LogP contribution is 2.08. The maximum absolute atomic E-state index is 11.3. The van der Waals surface area contributed by atoms with Crippen LogP contribution in [0.2, 0.25) is 0 Å². The monoisotopic (exact) mass is 350 g/mol. The number of aliphatic hydroxyl groups excluding tert-OH is 4. The van der Waals surface area contributed by atoms with Crippen molar-refractivity contribution < 1.29 is 34.7 Å². The average Bonchev–Trinajstić information content (AvgIpc) is 2.55. The van der Waals surface area contributed by atoms with Crippen molar-refractivity contribution >= 4 is 6.16 Å². The van der Waals surface area contributed by atoms with E-state index in [1.165, 1.54) is 0 Å². The first-order valence-corrected chi connectivity index (χ1v) is 8.97. The summed E-state index contributed by atoms with van der Waals surface area (Å²) in [5.74, 6) is 0. The SMILES string of the molecule is O=C(OCCC(O)CCCCCO)OCCC(O)CCCCCO. The molecule has 0 saturated heterocycles. The fraction of sp³-hybridized carbons (Fsp3) is 0.941. The lowest BCUT2D eigenvalue weighted by molar-refractivity contribution is 0.0315. The normalized spacial score (nSPS) is 13.5. The van der Waals surface area contributed by atoms with Gasteiger partial charge in [0.1, 0.15) is 0 Å². The Kier molecular flexibility index (Phi) is 16.3. The quantitative estimate of drug-likeness (QED) is 0.247. The Hall–Kier alpha value is -0.890. The Balaban J connectivity index is 3.45. The summed E-state index contributed by atoms with van der Waals surface area (Å²) in [6.07, 6.45) is 5.06. The lowest BCUT2D eigenvalue weighted by Gasteiger charge is -2.12. The molecular weight excluding hydrogens is 316 g/mol. The second kappa shape index (κ2) is 17.0. The Bertz CT molecular complexity index is 260. The number of hydrogen-bond donors (Lipinski definition) is 4. The first-order chi connectivity index (χ1) is 11.6. The van der Waals surface area contributed by atoms with Gasteiger partial charge in [-0.15, -0.1) is 0 Å². The molecule has 24 heavy (non-hydrogen) atoms. The van der Waals surface area contributed by atoms with Crippen molar-refractivity contribution in [2.75, 3.05) is 26.4 Å². The van der Waals surface area contributed by atoms with Gasteiger partial charge in [-0.2, -0.15) is 0 Å². The highest BCUT2D eigenvalue weighted by Gasteiger charge is 2.10. The molecule has 0 aliphatic rings. The third kappa shape index (κ3) is 16.0. The van der Waals surface area contributed by atoms with Crippen molar-refractivity contribution in [1.29, 1.82) is 0 Å². The van der Waals surface area contributed by atoms with Gasteiger partial charge in [0.25, 0.3) is 0 Å². The molecule has 0 aromatic rings. The Labute approximate surface area is 144 Å². The molecule has 0 amide bonds. The number of aliphatic hydroxyl groups is 4. The molecule has 0 aliphatic heterocycles. The Morgan fingerprint density at radius 3 is 1.46 bits per heavy atom. The Morgan fingerprint density at radius 1 is 0.667 bits per heavy atom. The number of carbonyl (C=O) groups excluding carboxylic acids is 1. The van der Waals surface area contributed by atoms with Gasteiger partial charge >= 0.3 is 6.16 Å². The zero-order valence-corrected chi connectivity index (χ0v) is 14.6. The van der Waals surface area contributed by atoms with Crippen molar-refractivity contribution in [3.8, 4) is 0 Å². The molecular formula is C17H34O7. The summed E-state index contributed by atoms with van der Waals surface area (Å²) in [7, 11) is 0. The number of unbranched alkanes of at least 4 members (excludes halogenated alkanes) is 4.